The van der Waals surface area contributed by atoms with E-state index in [1.54, 1.807) is 16.9 Å². The number of nitrogens with zero attached hydrogens (tertiary/aromatic N) is 5. The first-order chi connectivity index (χ1) is 14.4. The smallest absolute Gasteiger partial charge is 0.291 e. The first-order valence-corrected chi connectivity index (χ1v) is 9.71. The third kappa shape index (κ3) is 4.23. The first kappa shape index (κ1) is 19.8. The Morgan fingerprint density at radius 3 is 2.83 bits per heavy atom. The Kier molecular flexibility index (Phi) is 5.33. The molecule has 0 saturated carbocycles. The molecule has 0 aliphatic rings. The summed E-state index contributed by atoms with van der Waals surface area (Å²) < 4.78 is 1.62. The molecule has 1 amide bonds. The van der Waals surface area contributed by atoms with Gasteiger partial charge in [-0.05, 0) is 54.8 Å². The molecule has 3 aromatic heterocycles. The van der Waals surface area contributed by atoms with Crippen molar-refractivity contribution >= 4 is 34.2 Å². The number of fused-ring (bicyclic) bond motifs is 1. The maximum atomic E-state index is 12.5. The Labute approximate surface area is 178 Å². The number of nitrogens with one attached hydrogen (secondary N) is 1. The van der Waals surface area contributed by atoms with Crippen LogP contribution in [0.5, 0.6) is 0 Å². The second-order valence-electron chi connectivity index (χ2n) is 7.06. The summed E-state index contributed by atoms with van der Waals surface area (Å²) in [6, 6.07) is 9.54. The molecule has 9 heteroatoms. The Balaban J connectivity index is 1.44. The number of pyridine rings is 2. The summed E-state index contributed by atoms with van der Waals surface area (Å²) in [5.74, 6) is 0.227. The number of nitrogen functional groups attached to an aromatic ring is 1. The van der Waals surface area contributed by atoms with Gasteiger partial charge in [0.25, 0.3) is 5.91 Å². The zero-order chi connectivity index (χ0) is 21.3. The molecular weight excluding hydrogens is 402 g/mol. The van der Waals surface area contributed by atoms with Gasteiger partial charge in [-0.2, -0.15) is 0 Å². The number of aryl methyl sites for hydroxylation is 2. The van der Waals surface area contributed by atoms with Crippen LogP contribution in [0, 0.1) is 13.8 Å². The van der Waals surface area contributed by atoms with Gasteiger partial charge in [0.05, 0.1) is 17.1 Å². The molecule has 152 valence electrons. The van der Waals surface area contributed by atoms with Gasteiger partial charge in [0.1, 0.15) is 12.1 Å². The normalized spacial score (nSPS) is 11.0. The molecule has 0 bridgehead atoms. The number of halogens is 1. The second-order valence-corrected chi connectivity index (χ2v) is 7.49. The summed E-state index contributed by atoms with van der Waals surface area (Å²) in [6.45, 7) is 4.61. The highest BCUT2D eigenvalue weighted by atomic mass is 35.5. The molecule has 1 aromatic carbocycles. The predicted octanol–water partition coefficient (Wildman–Crippen LogP) is 3.05. The lowest BCUT2D eigenvalue weighted by molar-refractivity contribution is 0.0940. The molecule has 0 aliphatic carbocycles. The summed E-state index contributed by atoms with van der Waals surface area (Å²) in [5.41, 5.74) is 10.3. The number of aromatic nitrogens is 5. The highest BCUT2D eigenvalue weighted by Gasteiger charge is 2.13. The molecule has 0 atom stereocenters. The van der Waals surface area contributed by atoms with E-state index < -0.39 is 0 Å². The third-order valence-electron chi connectivity index (χ3n) is 4.80. The number of hydrogen-bond donors (Lipinski definition) is 2. The van der Waals surface area contributed by atoms with Gasteiger partial charge in [-0.3, -0.25) is 9.78 Å². The van der Waals surface area contributed by atoms with E-state index >= 15 is 0 Å². The fraction of sp³-hybridized carbons (Fsp3) is 0.190. The van der Waals surface area contributed by atoms with Crippen LogP contribution in [-0.4, -0.2) is 30.6 Å². The van der Waals surface area contributed by atoms with Gasteiger partial charge in [0.2, 0.25) is 5.82 Å². The van der Waals surface area contributed by atoms with Crippen LogP contribution in [0.15, 0.2) is 42.9 Å². The maximum Gasteiger partial charge on any atom is 0.291 e. The molecule has 30 heavy (non-hydrogen) atoms. The minimum absolute atomic E-state index is 0.110. The molecule has 0 spiro atoms. The van der Waals surface area contributed by atoms with Crippen molar-refractivity contribution in [2.75, 3.05) is 5.73 Å². The predicted molar refractivity (Wildman–Crippen MR) is 115 cm³/mol. The monoisotopic (exact) mass is 421 g/mol. The van der Waals surface area contributed by atoms with Crippen LogP contribution in [0.4, 0.5) is 5.82 Å². The Morgan fingerprint density at radius 2 is 2.03 bits per heavy atom. The number of amides is 1. The number of carbonyl (C=O) groups excluding carboxylic acids is 1. The standard InChI is InChI=1S/C21H20ClN7O/c1-12-5-19(23)27-13(2)17(12)9-25-21(30)20-26-11-29(28-20)10-14-3-4-18-15(6-14)7-16(22)8-24-18/h3-8,11H,9-10H2,1-2H3,(H2,23,27)(H,25,30). The summed E-state index contributed by atoms with van der Waals surface area (Å²) >= 11 is 6.03. The average molecular weight is 422 g/mol. The van der Waals surface area contributed by atoms with E-state index in [0.29, 0.717) is 23.9 Å². The SMILES string of the molecule is Cc1cc(N)nc(C)c1CNC(=O)c1ncn(Cc2ccc3ncc(Cl)cc3c2)n1. The fourth-order valence-electron chi connectivity index (χ4n) is 3.32. The maximum absolute atomic E-state index is 12.5. The highest BCUT2D eigenvalue weighted by Crippen LogP contribution is 2.19. The minimum Gasteiger partial charge on any atom is -0.384 e. The van der Waals surface area contributed by atoms with Gasteiger partial charge in [0, 0.05) is 23.8 Å². The van der Waals surface area contributed by atoms with E-state index in [-0.39, 0.29) is 11.7 Å². The molecule has 0 fully saturated rings. The van der Waals surface area contributed by atoms with Crippen molar-refractivity contribution in [3.8, 4) is 0 Å². The Morgan fingerprint density at radius 1 is 1.20 bits per heavy atom. The topological polar surface area (TPSA) is 112 Å². The van der Waals surface area contributed by atoms with Crippen molar-refractivity contribution in [1.29, 1.82) is 0 Å². The van der Waals surface area contributed by atoms with Gasteiger partial charge in [-0.15, -0.1) is 5.10 Å². The van der Waals surface area contributed by atoms with Crippen LogP contribution >= 0.6 is 11.6 Å². The number of hydrogen-bond acceptors (Lipinski definition) is 6. The minimum atomic E-state index is -0.348. The van der Waals surface area contributed by atoms with Crippen molar-refractivity contribution in [3.63, 3.8) is 0 Å². The van der Waals surface area contributed by atoms with Crippen LogP contribution in [0.3, 0.4) is 0 Å². The number of anilines is 1. The van der Waals surface area contributed by atoms with E-state index in [1.165, 1.54) is 6.33 Å². The Hall–Kier alpha value is -3.52. The number of rotatable bonds is 5. The average Bonchev–Trinajstić information content (AvgIpc) is 3.15. The molecule has 3 heterocycles. The molecule has 4 rings (SSSR count). The van der Waals surface area contributed by atoms with E-state index in [1.807, 2.05) is 38.1 Å². The van der Waals surface area contributed by atoms with E-state index in [0.717, 1.165) is 33.3 Å². The molecule has 8 nitrogen and oxygen atoms in total. The fourth-order valence-corrected chi connectivity index (χ4v) is 3.48. The zero-order valence-electron chi connectivity index (χ0n) is 16.6. The van der Waals surface area contributed by atoms with Gasteiger partial charge >= 0.3 is 0 Å². The van der Waals surface area contributed by atoms with Gasteiger partial charge in [-0.25, -0.2) is 14.6 Å². The van der Waals surface area contributed by atoms with Gasteiger partial charge in [-0.1, -0.05) is 17.7 Å². The van der Waals surface area contributed by atoms with Crippen LogP contribution in [0.2, 0.25) is 5.02 Å². The van der Waals surface area contributed by atoms with Crippen molar-refractivity contribution in [2.24, 2.45) is 0 Å². The molecule has 3 N–H and O–H groups in total. The van der Waals surface area contributed by atoms with Crippen LogP contribution in [0.25, 0.3) is 10.9 Å². The molecule has 0 aliphatic heterocycles. The molecule has 4 aromatic rings. The van der Waals surface area contributed by atoms with Crippen LogP contribution in [-0.2, 0) is 13.1 Å². The first-order valence-electron chi connectivity index (χ1n) is 9.33. The number of nitrogens with two attached hydrogens (primary N) is 1. The molecule has 0 saturated heterocycles. The molecule has 0 unspecified atom stereocenters. The summed E-state index contributed by atoms with van der Waals surface area (Å²) in [6.07, 6.45) is 3.16. The molecule has 0 radical (unpaired) electrons. The lowest BCUT2D eigenvalue weighted by atomic mass is 10.1. The second kappa shape index (κ2) is 8.08. The Bertz CT molecular complexity index is 1230. The van der Waals surface area contributed by atoms with E-state index in [9.17, 15) is 4.79 Å². The van der Waals surface area contributed by atoms with Crippen molar-refractivity contribution in [3.05, 3.63) is 76.1 Å². The summed E-state index contributed by atoms with van der Waals surface area (Å²) in [5, 5.41) is 8.66. The zero-order valence-corrected chi connectivity index (χ0v) is 17.3. The number of benzene rings is 1. The lowest BCUT2D eigenvalue weighted by Crippen LogP contribution is -2.25. The quantitative estimate of drug-likeness (QED) is 0.512. The van der Waals surface area contributed by atoms with Crippen LogP contribution in [0.1, 0.15) is 33.0 Å². The summed E-state index contributed by atoms with van der Waals surface area (Å²) in [4.78, 5) is 25.1. The van der Waals surface area contributed by atoms with Crippen molar-refractivity contribution < 1.29 is 4.79 Å². The van der Waals surface area contributed by atoms with Gasteiger partial charge in [0.15, 0.2) is 0 Å². The van der Waals surface area contributed by atoms with Crippen molar-refractivity contribution in [2.45, 2.75) is 26.9 Å². The van der Waals surface area contributed by atoms with Crippen molar-refractivity contribution in [1.82, 2.24) is 30.0 Å². The van der Waals surface area contributed by atoms with Crippen LogP contribution < -0.4 is 11.1 Å². The largest absolute Gasteiger partial charge is 0.384 e. The highest BCUT2D eigenvalue weighted by molar-refractivity contribution is 6.31. The lowest BCUT2D eigenvalue weighted by Gasteiger charge is -2.10. The van der Waals surface area contributed by atoms with E-state index in [2.05, 4.69) is 25.4 Å². The number of carbonyl (C=O) groups is 1. The third-order valence-corrected chi connectivity index (χ3v) is 5.00. The van der Waals surface area contributed by atoms with E-state index in [4.69, 9.17) is 17.3 Å². The molecular formula is C21H20ClN7O. The van der Waals surface area contributed by atoms with Gasteiger partial charge < -0.3 is 11.1 Å². The summed E-state index contributed by atoms with van der Waals surface area (Å²) in [7, 11) is 0.